The summed E-state index contributed by atoms with van der Waals surface area (Å²) in [6, 6.07) is 6.53. The number of amides is 1. The fourth-order valence-electron chi connectivity index (χ4n) is 1.91. The van der Waals surface area contributed by atoms with Gasteiger partial charge >= 0.3 is 5.97 Å². The third-order valence-corrected chi connectivity index (χ3v) is 3.78. The predicted octanol–water partition coefficient (Wildman–Crippen LogP) is 3.16. The smallest absolute Gasteiger partial charge is 0.341 e. The van der Waals surface area contributed by atoms with Crippen LogP contribution < -0.4 is 10.1 Å². The molecule has 0 radical (unpaired) electrons. The Balaban J connectivity index is 2.06. The van der Waals surface area contributed by atoms with E-state index in [1.54, 1.807) is 29.8 Å². The van der Waals surface area contributed by atoms with E-state index < -0.39 is 12.6 Å². The third-order valence-electron chi connectivity index (χ3n) is 2.96. The van der Waals surface area contributed by atoms with E-state index in [4.69, 9.17) is 9.84 Å². The number of nitrogens with one attached hydrogen (secondary N) is 1. The van der Waals surface area contributed by atoms with Crippen LogP contribution in [0.3, 0.4) is 0 Å². The monoisotopic (exact) mass is 334 g/mol. The second-order valence-corrected chi connectivity index (χ2v) is 6.80. The maximum absolute atomic E-state index is 12.4. The first-order valence-corrected chi connectivity index (χ1v) is 7.85. The third kappa shape index (κ3) is 4.53. The maximum atomic E-state index is 12.4. The van der Waals surface area contributed by atoms with Crippen molar-refractivity contribution in [3.05, 3.63) is 40.3 Å². The molecule has 0 fully saturated rings. The molecular formula is C16H18N2O4S. The molecule has 1 heterocycles. The van der Waals surface area contributed by atoms with Crippen molar-refractivity contribution >= 4 is 28.9 Å². The summed E-state index contributed by atoms with van der Waals surface area (Å²) < 4.78 is 5.04. The zero-order valence-corrected chi connectivity index (χ0v) is 13.9. The molecule has 0 bridgehead atoms. The lowest BCUT2D eigenvalue weighted by atomic mass is 9.91. The van der Waals surface area contributed by atoms with Gasteiger partial charge in [0.25, 0.3) is 5.91 Å². The lowest BCUT2D eigenvalue weighted by Gasteiger charge is -2.17. The Bertz CT molecular complexity index is 702. The lowest BCUT2D eigenvalue weighted by molar-refractivity contribution is -0.139. The highest BCUT2D eigenvalue weighted by atomic mass is 32.1. The number of aliphatic carboxylic acids is 1. The SMILES string of the molecule is CC(C)(C)c1ncsc1C(=O)Nc1ccc(OCC(=O)O)cc1. The predicted molar refractivity (Wildman–Crippen MR) is 88.3 cm³/mol. The molecule has 2 aromatic rings. The molecule has 0 unspecified atom stereocenters. The van der Waals surface area contributed by atoms with Crippen LogP contribution in [-0.4, -0.2) is 28.6 Å². The van der Waals surface area contributed by atoms with Crippen molar-refractivity contribution in [2.24, 2.45) is 0 Å². The van der Waals surface area contributed by atoms with Crippen LogP contribution in [0.5, 0.6) is 5.75 Å². The maximum Gasteiger partial charge on any atom is 0.341 e. The molecule has 1 aromatic carbocycles. The van der Waals surface area contributed by atoms with Crippen LogP contribution in [0.15, 0.2) is 29.8 Å². The number of nitrogens with zero attached hydrogens (tertiary/aromatic N) is 1. The summed E-state index contributed by atoms with van der Waals surface area (Å²) in [4.78, 5) is 27.7. The second-order valence-electron chi connectivity index (χ2n) is 5.94. The number of carbonyl (C=O) groups is 2. The first-order chi connectivity index (χ1) is 10.8. The van der Waals surface area contributed by atoms with E-state index in [1.807, 2.05) is 20.8 Å². The molecule has 2 rings (SSSR count). The van der Waals surface area contributed by atoms with E-state index in [1.165, 1.54) is 11.3 Å². The summed E-state index contributed by atoms with van der Waals surface area (Å²) in [5.41, 5.74) is 2.83. The topological polar surface area (TPSA) is 88.5 Å². The van der Waals surface area contributed by atoms with Crippen LogP contribution in [0, 0.1) is 0 Å². The van der Waals surface area contributed by atoms with Gasteiger partial charge in [-0.25, -0.2) is 9.78 Å². The van der Waals surface area contributed by atoms with Crippen LogP contribution in [0.1, 0.15) is 36.1 Å². The number of benzene rings is 1. The molecule has 0 aliphatic rings. The highest BCUT2D eigenvalue weighted by Gasteiger charge is 2.24. The minimum atomic E-state index is -1.04. The largest absolute Gasteiger partial charge is 0.482 e. The van der Waals surface area contributed by atoms with Crippen molar-refractivity contribution in [2.75, 3.05) is 11.9 Å². The summed E-state index contributed by atoms with van der Waals surface area (Å²) in [6.45, 7) is 5.62. The van der Waals surface area contributed by atoms with E-state index in [-0.39, 0.29) is 11.3 Å². The summed E-state index contributed by atoms with van der Waals surface area (Å²) >= 11 is 1.31. The van der Waals surface area contributed by atoms with Crippen molar-refractivity contribution in [3.63, 3.8) is 0 Å². The Morgan fingerprint density at radius 3 is 2.48 bits per heavy atom. The van der Waals surface area contributed by atoms with Crippen LogP contribution in [-0.2, 0) is 10.2 Å². The summed E-state index contributed by atoms with van der Waals surface area (Å²) in [6.07, 6.45) is 0. The van der Waals surface area contributed by atoms with Crippen LogP contribution >= 0.6 is 11.3 Å². The van der Waals surface area contributed by atoms with E-state index in [0.717, 1.165) is 5.69 Å². The summed E-state index contributed by atoms with van der Waals surface area (Å²) in [5.74, 6) is -0.822. The number of rotatable bonds is 5. The Hall–Kier alpha value is -2.41. The fourth-order valence-corrected chi connectivity index (χ4v) is 2.80. The minimum Gasteiger partial charge on any atom is -0.482 e. The summed E-state index contributed by atoms with van der Waals surface area (Å²) in [5, 5.41) is 11.4. The van der Waals surface area contributed by atoms with Crippen molar-refractivity contribution in [3.8, 4) is 5.75 Å². The molecule has 0 saturated heterocycles. The molecule has 0 aliphatic heterocycles. The van der Waals surface area contributed by atoms with Gasteiger partial charge in [0, 0.05) is 11.1 Å². The van der Waals surface area contributed by atoms with Gasteiger partial charge in [0.2, 0.25) is 0 Å². The standard InChI is InChI=1S/C16H18N2O4S/c1-16(2,3)14-13(23-9-17-14)15(21)18-10-4-6-11(7-5-10)22-8-12(19)20/h4-7,9H,8H2,1-3H3,(H,18,21)(H,19,20). The number of hydrogen-bond donors (Lipinski definition) is 2. The number of carbonyl (C=O) groups excluding carboxylic acids is 1. The van der Waals surface area contributed by atoms with Gasteiger partial charge in [-0.1, -0.05) is 20.8 Å². The highest BCUT2D eigenvalue weighted by molar-refractivity contribution is 7.12. The van der Waals surface area contributed by atoms with Crippen molar-refractivity contribution in [1.29, 1.82) is 0 Å². The van der Waals surface area contributed by atoms with E-state index in [9.17, 15) is 9.59 Å². The molecule has 1 amide bonds. The minimum absolute atomic E-state index is 0.207. The zero-order valence-electron chi connectivity index (χ0n) is 13.1. The van der Waals surface area contributed by atoms with E-state index >= 15 is 0 Å². The van der Waals surface area contributed by atoms with Crippen molar-refractivity contribution < 1.29 is 19.4 Å². The molecular weight excluding hydrogens is 316 g/mol. The van der Waals surface area contributed by atoms with E-state index in [0.29, 0.717) is 16.3 Å². The van der Waals surface area contributed by atoms with Gasteiger partial charge < -0.3 is 15.2 Å². The van der Waals surface area contributed by atoms with Gasteiger partial charge in [-0.05, 0) is 24.3 Å². The first-order valence-electron chi connectivity index (χ1n) is 6.97. The lowest BCUT2D eigenvalue weighted by Crippen LogP contribution is -2.19. The Morgan fingerprint density at radius 2 is 1.91 bits per heavy atom. The molecule has 122 valence electrons. The van der Waals surface area contributed by atoms with Gasteiger partial charge in [-0.2, -0.15) is 0 Å². The van der Waals surface area contributed by atoms with Crippen molar-refractivity contribution in [2.45, 2.75) is 26.2 Å². The average molecular weight is 334 g/mol. The van der Waals surface area contributed by atoms with Gasteiger partial charge in [0.15, 0.2) is 6.61 Å². The number of ether oxygens (including phenoxy) is 1. The molecule has 2 N–H and O–H groups in total. The number of aromatic nitrogens is 1. The second kappa shape index (κ2) is 6.78. The highest BCUT2D eigenvalue weighted by Crippen LogP contribution is 2.28. The number of carboxylic acid groups (broad SMARTS) is 1. The van der Waals surface area contributed by atoms with Crippen molar-refractivity contribution in [1.82, 2.24) is 4.98 Å². The van der Waals surface area contributed by atoms with Crippen LogP contribution in [0.25, 0.3) is 0 Å². The normalized spacial score (nSPS) is 11.1. The zero-order chi connectivity index (χ0) is 17.0. The molecule has 23 heavy (non-hydrogen) atoms. The van der Waals surface area contributed by atoms with Gasteiger partial charge in [-0.15, -0.1) is 11.3 Å². The van der Waals surface area contributed by atoms with Crippen LogP contribution in [0.4, 0.5) is 5.69 Å². The number of hydrogen-bond acceptors (Lipinski definition) is 5. The molecule has 6 nitrogen and oxygen atoms in total. The first kappa shape index (κ1) is 17.0. The Kier molecular flexibility index (Phi) is 5.00. The number of thiazole rings is 1. The number of carboxylic acids is 1. The average Bonchev–Trinajstić information content (AvgIpc) is 2.96. The molecule has 0 aliphatic carbocycles. The number of anilines is 1. The summed E-state index contributed by atoms with van der Waals surface area (Å²) in [7, 11) is 0. The van der Waals surface area contributed by atoms with Crippen LogP contribution in [0.2, 0.25) is 0 Å². The quantitative estimate of drug-likeness (QED) is 0.877. The molecule has 0 saturated carbocycles. The molecule has 0 atom stereocenters. The fraction of sp³-hybridized carbons (Fsp3) is 0.312. The van der Waals surface area contributed by atoms with Gasteiger partial charge in [-0.3, -0.25) is 4.79 Å². The van der Waals surface area contributed by atoms with E-state index in [2.05, 4.69) is 10.3 Å². The molecule has 7 heteroatoms. The van der Waals surface area contributed by atoms with Gasteiger partial charge in [0.05, 0.1) is 11.2 Å². The molecule has 0 spiro atoms. The molecule has 1 aromatic heterocycles. The van der Waals surface area contributed by atoms with Gasteiger partial charge in [0.1, 0.15) is 10.6 Å². The Labute approximate surface area is 138 Å². The Morgan fingerprint density at radius 1 is 1.26 bits per heavy atom.